The number of hydroxylamine groups is 2. The van der Waals surface area contributed by atoms with Crippen molar-refractivity contribution in [3.8, 4) is 0 Å². The lowest BCUT2D eigenvalue weighted by atomic mass is 9.86. The Balaban J connectivity index is 1.41. The summed E-state index contributed by atoms with van der Waals surface area (Å²) in [4.78, 5) is 34.0. The molecule has 29 heavy (non-hydrogen) atoms. The standard InChI is InChI=1S/C18H25BN6O4/c1-3-8-29-25-15-9-14(11-22(12-15)18(25)27)24-7-5-16(21-24)17(26)20-13-4-6-23(10-13)19(2)28/h3,5,7,9,13,15,28H,1,4,6,8,10-12H2,2H3,(H,20,26)/t13-,15?/m1/s1. The molecule has 0 saturated carbocycles. The third kappa shape index (κ3) is 3.93. The molecule has 1 unspecified atom stereocenters. The Bertz CT molecular complexity index is 840. The van der Waals surface area contributed by atoms with Crippen molar-refractivity contribution in [2.45, 2.75) is 25.3 Å². The number of hydrogen-bond acceptors (Lipinski definition) is 6. The summed E-state index contributed by atoms with van der Waals surface area (Å²) in [6.07, 6.45) is 6.06. The van der Waals surface area contributed by atoms with Crippen molar-refractivity contribution in [1.29, 1.82) is 0 Å². The zero-order valence-electron chi connectivity index (χ0n) is 16.4. The zero-order valence-corrected chi connectivity index (χ0v) is 16.4. The van der Waals surface area contributed by atoms with Gasteiger partial charge in [0, 0.05) is 25.3 Å². The minimum Gasteiger partial charge on any atom is -0.437 e. The lowest BCUT2D eigenvalue weighted by Gasteiger charge is -2.21. The maximum Gasteiger partial charge on any atom is 0.376 e. The number of urea groups is 1. The van der Waals surface area contributed by atoms with E-state index in [1.807, 2.05) is 10.9 Å². The highest BCUT2D eigenvalue weighted by Crippen LogP contribution is 2.26. The fourth-order valence-corrected chi connectivity index (χ4v) is 3.92. The number of hydrogen-bond donors (Lipinski definition) is 2. The summed E-state index contributed by atoms with van der Waals surface area (Å²) in [7, 11) is -0.516. The van der Waals surface area contributed by atoms with Gasteiger partial charge >= 0.3 is 13.1 Å². The highest BCUT2D eigenvalue weighted by Gasteiger charge is 2.41. The van der Waals surface area contributed by atoms with E-state index >= 15 is 0 Å². The molecule has 4 heterocycles. The van der Waals surface area contributed by atoms with E-state index in [2.05, 4.69) is 17.0 Å². The second-order valence-electron chi connectivity index (χ2n) is 7.53. The molecule has 3 aliphatic heterocycles. The van der Waals surface area contributed by atoms with Crippen LogP contribution in [0.4, 0.5) is 4.79 Å². The van der Waals surface area contributed by atoms with E-state index < -0.39 is 7.05 Å². The SMILES string of the molecule is C=CCON1C(=O)N2CC(n3ccc(C(=O)N[C@@H]4CCN(B(C)O)C4)n3)=CC1C2. The van der Waals surface area contributed by atoms with Crippen LogP contribution in [0.2, 0.25) is 6.82 Å². The van der Waals surface area contributed by atoms with Crippen molar-refractivity contribution in [2.75, 3.05) is 32.8 Å². The number of carbonyl (C=O) groups excluding carboxylic acids is 2. The lowest BCUT2D eigenvalue weighted by Crippen LogP contribution is -2.40. The van der Waals surface area contributed by atoms with Gasteiger partial charge in [-0.15, -0.1) is 6.58 Å². The van der Waals surface area contributed by atoms with Crippen LogP contribution in [-0.2, 0) is 4.84 Å². The molecule has 0 aliphatic carbocycles. The Hall–Kier alpha value is -2.63. The van der Waals surface area contributed by atoms with Gasteiger partial charge in [-0.2, -0.15) is 10.2 Å². The summed E-state index contributed by atoms with van der Waals surface area (Å²) in [5, 5.41) is 18.4. The molecule has 2 saturated heterocycles. The second kappa shape index (κ2) is 8.01. The van der Waals surface area contributed by atoms with Crippen molar-refractivity contribution in [3.05, 3.63) is 36.7 Å². The quantitative estimate of drug-likeness (QED) is 0.489. The molecule has 0 spiro atoms. The summed E-state index contributed by atoms with van der Waals surface area (Å²) in [6, 6.07) is 1.28. The topological polar surface area (TPSA) is 103 Å². The molecule has 4 rings (SSSR count). The molecule has 0 radical (unpaired) electrons. The predicted molar refractivity (Wildman–Crippen MR) is 107 cm³/mol. The number of rotatable bonds is 7. The Morgan fingerprint density at radius 3 is 3.07 bits per heavy atom. The molecule has 3 amide bonds. The highest BCUT2D eigenvalue weighted by molar-refractivity contribution is 6.45. The Kier molecular flexibility index (Phi) is 5.44. The van der Waals surface area contributed by atoms with Crippen LogP contribution in [0, 0.1) is 0 Å². The van der Waals surface area contributed by atoms with E-state index in [1.54, 1.807) is 34.7 Å². The predicted octanol–water partition coefficient (Wildman–Crippen LogP) is -0.124. The maximum absolute atomic E-state index is 12.5. The minimum atomic E-state index is -0.516. The molecule has 11 heteroatoms. The highest BCUT2D eigenvalue weighted by atomic mass is 16.7. The Morgan fingerprint density at radius 2 is 2.34 bits per heavy atom. The van der Waals surface area contributed by atoms with E-state index in [4.69, 9.17) is 4.84 Å². The van der Waals surface area contributed by atoms with Crippen LogP contribution in [0.15, 0.2) is 31.0 Å². The largest absolute Gasteiger partial charge is 0.437 e. The third-order valence-corrected chi connectivity index (χ3v) is 5.44. The fraction of sp³-hybridized carbons (Fsp3) is 0.500. The number of aromatic nitrogens is 2. The summed E-state index contributed by atoms with van der Waals surface area (Å²) in [5.74, 6) is -0.243. The second-order valence-corrected chi connectivity index (χ2v) is 7.53. The molecule has 1 aromatic rings. The van der Waals surface area contributed by atoms with E-state index in [9.17, 15) is 14.6 Å². The molecule has 1 aromatic heterocycles. The summed E-state index contributed by atoms with van der Waals surface area (Å²) in [5.41, 5.74) is 1.14. The van der Waals surface area contributed by atoms with Crippen LogP contribution in [0.1, 0.15) is 16.9 Å². The molecule has 2 N–H and O–H groups in total. The van der Waals surface area contributed by atoms with Crippen LogP contribution >= 0.6 is 0 Å². The molecular weight excluding hydrogens is 375 g/mol. The van der Waals surface area contributed by atoms with Gasteiger partial charge in [-0.3, -0.25) is 9.63 Å². The first-order valence-electron chi connectivity index (χ1n) is 9.78. The van der Waals surface area contributed by atoms with E-state index in [0.717, 1.165) is 18.7 Å². The number of nitrogens with one attached hydrogen (secondary N) is 1. The van der Waals surface area contributed by atoms with E-state index in [1.165, 1.54) is 5.06 Å². The van der Waals surface area contributed by atoms with Crippen LogP contribution < -0.4 is 5.32 Å². The molecular formula is C18H25BN6O4. The molecule has 154 valence electrons. The average Bonchev–Trinajstić information content (AvgIpc) is 3.41. The molecule has 0 aromatic carbocycles. The lowest BCUT2D eigenvalue weighted by molar-refractivity contribution is -0.107. The summed E-state index contributed by atoms with van der Waals surface area (Å²) in [6.45, 7) is 7.93. The fourth-order valence-electron chi connectivity index (χ4n) is 3.92. The van der Waals surface area contributed by atoms with Crippen molar-refractivity contribution >= 4 is 24.7 Å². The van der Waals surface area contributed by atoms with E-state index in [0.29, 0.717) is 25.3 Å². The van der Waals surface area contributed by atoms with Crippen LogP contribution in [0.5, 0.6) is 0 Å². The molecule has 10 nitrogen and oxygen atoms in total. The van der Waals surface area contributed by atoms with Gasteiger partial charge in [-0.25, -0.2) is 9.48 Å². The normalized spacial score (nSPS) is 24.1. The molecule has 2 atom stereocenters. The third-order valence-electron chi connectivity index (χ3n) is 5.44. The van der Waals surface area contributed by atoms with Gasteiger partial charge in [-0.1, -0.05) is 6.08 Å². The Labute approximate surface area is 169 Å². The van der Waals surface area contributed by atoms with Crippen LogP contribution in [-0.4, -0.2) is 93.4 Å². The van der Waals surface area contributed by atoms with Crippen molar-refractivity contribution in [3.63, 3.8) is 0 Å². The molecule has 3 aliphatic rings. The smallest absolute Gasteiger partial charge is 0.376 e. The van der Waals surface area contributed by atoms with Crippen LogP contribution in [0.25, 0.3) is 5.70 Å². The molecule has 2 fully saturated rings. The summed E-state index contributed by atoms with van der Waals surface area (Å²) >= 11 is 0. The van der Waals surface area contributed by atoms with Crippen molar-refractivity contribution in [2.24, 2.45) is 0 Å². The van der Waals surface area contributed by atoms with Gasteiger partial charge < -0.3 is 20.1 Å². The first-order valence-corrected chi connectivity index (χ1v) is 9.78. The maximum atomic E-state index is 12.5. The van der Waals surface area contributed by atoms with E-state index in [-0.39, 0.29) is 30.6 Å². The van der Waals surface area contributed by atoms with Crippen molar-refractivity contribution in [1.82, 2.24) is 29.9 Å². The number of fused-ring (bicyclic) bond motifs is 2. The zero-order chi connectivity index (χ0) is 20.5. The monoisotopic (exact) mass is 400 g/mol. The van der Waals surface area contributed by atoms with Gasteiger partial charge in [0.25, 0.3) is 5.91 Å². The molecule has 2 bridgehead atoms. The first-order chi connectivity index (χ1) is 14.0. The van der Waals surface area contributed by atoms with Gasteiger partial charge in [0.15, 0.2) is 5.69 Å². The Morgan fingerprint density at radius 1 is 1.52 bits per heavy atom. The minimum absolute atomic E-state index is 0.00806. The number of carbonyl (C=O) groups is 2. The van der Waals surface area contributed by atoms with Gasteiger partial charge in [0.1, 0.15) is 0 Å². The van der Waals surface area contributed by atoms with Gasteiger partial charge in [0.2, 0.25) is 0 Å². The first kappa shape index (κ1) is 19.7. The average molecular weight is 400 g/mol. The number of nitrogens with zero attached hydrogens (tertiary/aromatic N) is 5. The van der Waals surface area contributed by atoms with Gasteiger partial charge in [0.05, 0.1) is 24.9 Å². The van der Waals surface area contributed by atoms with Gasteiger partial charge in [-0.05, 0) is 31.9 Å². The van der Waals surface area contributed by atoms with Crippen LogP contribution in [0.3, 0.4) is 0 Å². The number of amides is 3. The van der Waals surface area contributed by atoms with Crippen molar-refractivity contribution < 1.29 is 19.5 Å². The summed E-state index contributed by atoms with van der Waals surface area (Å²) < 4.78 is 1.63.